The molecule has 0 aliphatic heterocycles. The highest BCUT2D eigenvalue weighted by Crippen LogP contribution is 2.18. The predicted octanol–water partition coefficient (Wildman–Crippen LogP) is 0.973. The van der Waals surface area contributed by atoms with E-state index >= 15 is 0 Å². The molecule has 0 unspecified atom stereocenters. The van der Waals surface area contributed by atoms with Crippen LogP contribution in [-0.2, 0) is 6.54 Å². The van der Waals surface area contributed by atoms with E-state index < -0.39 is 6.10 Å². The Hall–Kier alpha value is -1.39. The highest BCUT2D eigenvalue weighted by atomic mass is 16.3. The van der Waals surface area contributed by atoms with Gasteiger partial charge in [-0.2, -0.15) is 0 Å². The van der Waals surface area contributed by atoms with Gasteiger partial charge in [-0.25, -0.2) is 4.98 Å². The summed E-state index contributed by atoms with van der Waals surface area (Å²) < 4.78 is 1.94. The first-order valence-electron chi connectivity index (χ1n) is 5.42. The van der Waals surface area contributed by atoms with E-state index in [1.165, 1.54) is 11.1 Å². The number of hydrogen-bond acceptors (Lipinski definition) is 3. The number of aromatic nitrogens is 2. The number of fused-ring (bicyclic) bond motifs is 1. The number of nitrogens with two attached hydrogens (primary N) is 1. The summed E-state index contributed by atoms with van der Waals surface area (Å²) in [6, 6.07) is 4.16. The lowest BCUT2D eigenvalue weighted by molar-refractivity contribution is 0.163. The van der Waals surface area contributed by atoms with Crippen LogP contribution in [0.1, 0.15) is 11.1 Å². The molecule has 1 atom stereocenters. The summed E-state index contributed by atoms with van der Waals surface area (Å²) in [5.41, 5.74) is 9.89. The number of aliphatic hydroxyl groups is 1. The van der Waals surface area contributed by atoms with Gasteiger partial charge in [0.25, 0.3) is 0 Å². The Balaban J connectivity index is 2.44. The molecular formula is C12H17N3O. The van der Waals surface area contributed by atoms with Gasteiger partial charge in [0.15, 0.2) is 0 Å². The molecule has 3 N–H and O–H groups in total. The standard InChI is InChI=1S/C12H17N3O/c1-8-3-11-12(4-9(8)2)15(7-14-11)6-10(16)5-13/h3-4,7,10,16H,5-6,13H2,1-2H3/t10-/m0/s1. The van der Waals surface area contributed by atoms with Crippen LogP contribution in [0.2, 0.25) is 0 Å². The summed E-state index contributed by atoms with van der Waals surface area (Å²) in [7, 11) is 0. The summed E-state index contributed by atoms with van der Waals surface area (Å²) in [6.07, 6.45) is 1.24. The van der Waals surface area contributed by atoms with Crippen LogP contribution < -0.4 is 5.73 Å². The minimum absolute atomic E-state index is 0.268. The number of aliphatic hydroxyl groups excluding tert-OH is 1. The molecule has 0 aliphatic carbocycles. The van der Waals surface area contributed by atoms with Crippen molar-refractivity contribution in [3.05, 3.63) is 29.6 Å². The zero-order valence-electron chi connectivity index (χ0n) is 9.64. The van der Waals surface area contributed by atoms with Gasteiger partial charge in [-0.15, -0.1) is 0 Å². The van der Waals surface area contributed by atoms with E-state index in [1.807, 2.05) is 4.57 Å². The molecule has 2 rings (SSSR count). The maximum absolute atomic E-state index is 9.54. The molecular weight excluding hydrogens is 202 g/mol. The van der Waals surface area contributed by atoms with Crippen molar-refractivity contribution in [1.29, 1.82) is 0 Å². The van der Waals surface area contributed by atoms with Crippen LogP contribution in [0.15, 0.2) is 18.5 Å². The number of rotatable bonds is 3. The van der Waals surface area contributed by atoms with Gasteiger partial charge < -0.3 is 15.4 Å². The van der Waals surface area contributed by atoms with Crippen LogP contribution in [0.4, 0.5) is 0 Å². The van der Waals surface area contributed by atoms with Crippen molar-refractivity contribution in [2.75, 3.05) is 6.54 Å². The number of aryl methyl sites for hydroxylation is 2. The van der Waals surface area contributed by atoms with Crippen molar-refractivity contribution in [2.24, 2.45) is 5.73 Å². The summed E-state index contributed by atoms with van der Waals surface area (Å²) in [4.78, 5) is 4.32. The first kappa shape index (κ1) is 11.1. The third-order valence-electron chi connectivity index (χ3n) is 2.92. The van der Waals surface area contributed by atoms with E-state index in [9.17, 15) is 5.11 Å². The van der Waals surface area contributed by atoms with E-state index in [2.05, 4.69) is 31.0 Å². The van der Waals surface area contributed by atoms with Gasteiger partial charge in [-0.1, -0.05) is 0 Å². The molecule has 1 aromatic heterocycles. The van der Waals surface area contributed by atoms with Gasteiger partial charge in [0.1, 0.15) is 0 Å². The van der Waals surface area contributed by atoms with Gasteiger partial charge in [0.2, 0.25) is 0 Å². The molecule has 0 amide bonds. The van der Waals surface area contributed by atoms with Gasteiger partial charge in [-0.3, -0.25) is 0 Å². The Bertz CT molecular complexity index is 504. The highest BCUT2D eigenvalue weighted by Gasteiger charge is 2.08. The van der Waals surface area contributed by atoms with Crippen LogP contribution >= 0.6 is 0 Å². The summed E-state index contributed by atoms with van der Waals surface area (Å²) in [5, 5.41) is 9.54. The largest absolute Gasteiger partial charge is 0.390 e. The zero-order valence-corrected chi connectivity index (χ0v) is 9.64. The summed E-state index contributed by atoms with van der Waals surface area (Å²) in [6.45, 7) is 4.91. The quantitative estimate of drug-likeness (QED) is 0.808. The fourth-order valence-corrected chi connectivity index (χ4v) is 1.76. The van der Waals surface area contributed by atoms with E-state index in [1.54, 1.807) is 6.33 Å². The van der Waals surface area contributed by atoms with Crippen LogP contribution in [-0.4, -0.2) is 27.3 Å². The van der Waals surface area contributed by atoms with E-state index in [0.29, 0.717) is 6.54 Å². The molecule has 86 valence electrons. The van der Waals surface area contributed by atoms with Crippen LogP contribution in [0.5, 0.6) is 0 Å². The number of nitrogens with zero attached hydrogens (tertiary/aromatic N) is 2. The predicted molar refractivity (Wildman–Crippen MR) is 64.3 cm³/mol. The summed E-state index contributed by atoms with van der Waals surface area (Å²) >= 11 is 0. The maximum atomic E-state index is 9.54. The topological polar surface area (TPSA) is 64.1 Å². The molecule has 0 spiro atoms. The molecule has 4 nitrogen and oxygen atoms in total. The smallest absolute Gasteiger partial charge is 0.0959 e. The lowest BCUT2D eigenvalue weighted by atomic mass is 10.1. The lowest BCUT2D eigenvalue weighted by Gasteiger charge is -2.10. The minimum atomic E-state index is -0.515. The Morgan fingerprint density at radius 1 is 1.38 bits per heavy atom. The number of hydrogen-bond donors (Lipinski definition) is 2. The first-order valence-corrected chi connectivity index (χ1v) is 5.42. The Labute approximate surface area is 94.7 Å². The second-order valence-electron chi connectivity index (χ2n) is 4.21. The van der Waals surface area contributed by atoms with Crippen LogP contribution in [0.3, 0.4) is 0 Å². The Morgan fingerprint density at radius 2 is 2.06 bits per heavy atom. The SMILES string of the molecule is Cc1cc2ncn(C[C@@H](O)CN)c2cc1C. The van der Waals surface area contributed by atoms with E-state index in [4.69, 9.17) is 5.73 Å². The molecule has 16 heavy (non-hydrogen) atoms. The normalized spacial score (nSPS) is 13.2. The fourth-order valence-electron chi connectivity index (χ4n) is 1.76. The van der Waals surface area contributed by atoms with E-state index in [0.717, 1.165) is 11.0 Å². The average Bonchev–Trinajstić information content (AvgIpc) is 2.62. The van der Waals surface area contributed by atoms with E-state index in [-0.39, 0.29) is 6.54 Å². The van der Waals surface area contributed by atoms with Crippen molar-refractivity contribution in [2.45, 2.75) is 26.5 Å². The van der Waals surface area contributed by atoms with Crippen molar-refractivity contribution in [3.63, 3.8) is 0 Å². The molecule has 1 aromatic carbocycles. The highest BCUT2D eigenvalue weighted by molar-refractivity contribution is 5.77. The summed E-state index contributed by atoms with van der Waals surface area (Å²) in [5.74, 6) is 0. The second-order valence-corrected chi connectivity index (χ2v) is 4.21. The molecule has 4 heteroatoms. The maximum Gasteiger partial charge on any atom is 0.0959 e. The van der Waals surface area contributed by atoms with Crippen LogP contribution in [0, 0.1) is 13.8 Å². The molecule has 2 aromatic rings. The Morgan fingerprint density at radius 3 is 2.75 bits per heavy atom. The average molecular weight is 219 g/mol. The first-order chi connectivity index (χ1) is 7.61. The van der Waals surface area contributed by atoms with Crippen molar-refractivity contribution in [3.8, 4) is 0 Å². The molecule has 1 heterocycles. The van der Waals surface area contributed by atoms with Gasteiger partial charge in [0.05, 0.1) is 30.0 Å². The van der Waals surface area contributed by atoms with Crippen molar-refractivity contribution in [1.82, 2.24) is 9.55 Å². The van der Waals surface area contributed by atoms with Gasteiger partial charge in [-0.05, 0) is 37.1 Å². The number of imidazole rings is 1. The van der Waals surface area contributed by atoms with Crippen molar-refractivity contribution < 1.29 is 5.11 Å². The third-order valence-corrected chi connectivity index (χ3v) is 2.92. The fraction of sp³-hybridized carbons (Fsp3) is 0.417. The minimum Gasteiger partial charge on any atom is -0.390 e. The number of benzene rings is 1. The monoisotopic (exact) mass is 219 g/mol. The molecule has 0 radical (unpaired) electrons. The third kappa shape index (κ3) is 1.94. The van der Waals surface area contributed by atoms with Crippen LogP contribution in [0.25, 0.3) is 11.0 Å². The molecule has 0 bridgehead atoms. The molecule has 0 saturated carbocycles. The van der Waals surface area contributed by atoms with Crippen molar-refractivity contribution >= 4 is 11.0 Å². The Kier molecular flexibility index (Phi) is 2.94. The lowest BCUT2D eigenvalue weighted by Crippen LogP contribution is -2.24. The molecule has 0 aliphatic rings. The van der Waals surface area contributed by atoms with Gasteiger partial charge >= 0.3 is 0 Å². The second kappa shape index (κ2) is 4.23. The molecule has 0 fully saturated rings. The molecule has 0 saturated heterocycles. The van der Waals surface area contributed by atoms with Gasteiger partial charge in [0, 0.05) is 6.54 Å². The zero-order chi connectivity index (χ0) is 11.7.